The first-order valence-corrected chi connectivity index (χ1v) is 9.44. The summed E-state index contributed by atoms with van der Waals surface area (Å²) in [6.07, 6.45) is 0.163. The normalized spacial score (nSPS) is 10.5. The minimum absolute atomic E-state index is 0.163. The number of thiazole rings is 1. The first-order chi connectivity index (χ1) is 13.4. The smallest absolute Gasteiger partial charge is 0.343 e. The summed E-state index contributed by atoms with van der Waals surface area (Å²) in [6, 6.07) is 8.91. The van der Waals surface area contributed by atoms with Crippen molar-refractivity contribution in [3.8, 4) is 16.5 Å². The van der Waals surface area contributed by atoms with E-state index in [4.69, 9.17) is 9.15 Å². The minimum atomic E-state index is -0.456. The Kier molecular flexibility index (Phi) is 6.10. The van der Waals surface area contributed by atoms with Crippen molar-refractivity contribution in [3.63, 3.8) is 0 Å². The number of furan rings is 1. The Labute approximate surface area is 166 Å². The molecule has 7 nitrogen and oxygen atoms in total. The van der Waals surface area contributed by atoms with E-state index in [0.717, 1.165) is 16.3 Å². The van der Waals surface area contributed by atoms with Crippen LogP contribution in [0.5, 0.6) is 5.75 Å². The van der Waals surface area contributed by atoms with Crippen LogP contribution in [0.1, 0.15) is 17.0 Å². The number of anilines is 1. The molecular formula is C20H20N2O5S. The molecule has 0 unspecified atom stereocenters. The summed E-state index contributed by atoms with van der Waals surface area (Å²) in [7, 11) is 1.30. The zero-order valence-electron chi connectivity index (χ0n) is 15.8. The predicted octanol–water partition coefficient (Wildman–Crippen LogP) is 3.75. The maximum atomic E-state index is 12.4. The molecule has 0 saturated carbocycles. The van der Waals surface area contributed by atoms with Crippen molar-refractivity contribution in [3.05, 3.63) is 52.7 Å². The lowest BCUT2D eigenvalue weighted by atomic mass is 10.2. The van der Waals surface area contributed by atoms with E-state index in [1.54, 1.807) is 18.2 Å². The van der Waals surface area contributed by atoms with Crippen molar-refractivity contribution in [2.45, 2.75) is 20.3 Å². The fourth-order valence-electron chi connectivity index (χ4n) is 2.48. The predicted molar refractivity (Wildman–Crippen MR) is 106 cm³/mol. The van der Waals surface area contributed by atoms with E-state index >= 15 is 0 Å². The number of carbonyl (C=O) groups excluding carboxylic acids is 2. The number of hydrogen-bond acceptors (Lipinski definition) is 7. The van der Waals surface area contributed by atoms with Gasteiger partial charge < -0.3 is 19.2 Å². The van der Waals surface area contributed by atoms with Gasteiger partial charge in [-0.2, -0.15) is 0 Å². The number of nitrogens with one attached hydrogen (secondary N) is 1. The third-order valence-corrected chi connectivity index (χ3v) is 4.81. The molecular weight excluding hydrogens is 380 g/mol. The number of aryl methyl sites for hydroxylation is 2. The second-order valence-corrected chi connectivity index (χ2v) is 6.98. The average molecular weight is 400 g/mol. The highest BCUT2D eigenvalue weighted by atomic mass is 32.1. The molecule has 2 aromatic heterocycles. The van der Waals surface area contributed by atoms with Crippen molar-refractivity contribution < 1.29 is 23.5 Å². The molecule has 0 bridgehead atoms. The van der Waals surface area contributed by atoms with E-state index in [9.17, 15) is 9.59 Å². The zero-order chi connectivity index (χ0) is 20.1. The Morgan fingerprint density at radius 2 is 2.04 bits per heavy atom. The van der Waals surface area contributed by atoms with Gasteiger partial charge in [0.1, 0.15) is 11.5 Å². The van der Waals surface area contributed by atoms with Gasteiger partial charge in [-0.15, -0.1) is 11.3 Å². The van der Waals surface area contributed by atoms with Gasteiger partial charge >= 0.3 is 5.97 Å². The highest BCUT2D eigenvalue weighted by molar-refractivity contribution is 7.13. The van der Waals surface area contributed by atoms with Crippen LogP contribution in [0, 0.1) is 13.8 Å². The Hall–Kier alpha value is -3.13. The lowest BCUT2D eigenvalue weighted by molar-refractivity contribution is -0.142. The van der Waals surface area contributed by atoms with Gasteiger partial charge in [0, 0.05) is 11.1 Å². The van der Waals surface area contributed by atoms with Gasteiger partial charge in [0.2, 0.25) is 5.91 Å². The Morgan fingerprint density at radius 1 is 1.21 bits per heavy atom. The van der Waals surface area contributed by atoms with Crippen molar-refractivity contribution in [2.75, 3.05) is 19.0 Å². The third-order valence-electron chi connectivity index (χ3n) is 3.90. The Bertz CT molecular complexity index is 992. The van der Waals surface area contributed by atoms with E-state index in [2.05, 4.69) is 15.0 Å². The van der Waals surface area contributed by atoms with Crippen LogP contribution in [0.3, 0.4) is 0 Å². The second kappa shape index (κ2) is 8.71. The monoisotopic (exact) mass is 400 g/mol. The molecule has 146 valence electrons. The van der Waals surface area contributed by atoms with Crippen molar-refractivity contribution in [1.29, 1.82) is 0 Å². The number of methoxy groups -OCH3 is 1. The molecule has 2 heterocycles. The quantitative estimate of drug-likeness (QED) is 0.608. The fourth-order valence-corrected chi connectivity index (χ4v) is 3.26. The molecule has 1 N–H and O–H groups in total. The van der Waals surface area contributed by atoms with Crippen LogP contribution in [-0.2, 0) is 20.7 Å². The number of nitrogens with zero attached hydrogens (tertiary/aromatic N) is 1. The molecule has 8 heteroatoms. The summed E-state index contributed by atoms with van der Waals surface area (Å²) in [5, 5.41) is 5.47. The van der Waals surface area contributed by atoms with Crippen molar-refractivity contribution in [2.24, 2.45) is 0 Å². The molecule has 0 aliphatic carbocycles. The van der Waals surface area contributed by atoms with Gasteiger partial charge in [-0.3, -0.25) is 4.79 Å². The highest BCUT2D eigenvalue weighted by Crippen LogP contribution is 2.26. The molecule has 0 fully saturated rings. The van der Waals surface area contributed by atoms with Crippen LogP contribution in [0.4, 0.5) is 5.69 Å². The minimum Gasteiger partial charge on any atom is -0.482 e. The summed E-state index contributed by atoms with van der Waals surface area (Å²) in [5.41, 5.74) is 2.18. The number of benzene rings is 1. The first-order valence-electron chi connectivity index (χ1n) is 8.56. The standard InChI is InChI=1S/C20H20N2O5S/c1-12-8-15(26-10-19(24)25-3)5-6-16(12)22-18(23)9-14-11-28-20(21-14)17-7-4-13(2)27-17/h4-8,11H,9-10H2,1-3H3,(H,22,23). The Morgan fingerprint density at radius 3 is 2.71 bits per heavy atom. The van der Waals surface area contributed by atoms with Gasteiger partial charge in [0.15, 0.2) is 17.4 Å². The molecule has 3 aromatic rings. The van der Waals surface area contributed by atoms with E-state index in [1.165, 1.54) is 18.4 Å². The SMILES string of the molecule is COC(=O)COc1ccc(NC(=O)Cc2csc(-c3ccc(C)o3)n2)c(C)c1. The summed E-state index contributed by atoms with van der Waals surface area (Å²) < 4.78 is 15.4. The van der Waals surface area contributed by atoms with Crippen LogP contribution in [0.2, 0.25) is 0 Å². The molecule has 0 aliphatic rings. The molecule has 0 aliphatic heterocycles. The number of carbonyl (C=O) groups is 2. The van der Waals surface area contributed by atoms with E-state index in [1.807, 2.05) is 31.4 Å². The van der Waals surface area contributed by atoms with Gasteiger partial charge in [-0.1, -0.05) is 0 Å². The highest BCUT2D eigenvalue weighted by Gasteiger charge is 2.12. The van der Waals surface area contributed by atoms with Gasteiger partial charge in [-0.25, -0.2) is 9.78 Å². The number of aromatic nitrogens is 1. The molecule has 28 heavy (non-hydrogen) atoms. The van der Waals surface area contributed by atoms with Crippen LogP contribution in [0.25, 0.3) is 10.8 Å². The maximum absolute atomic E-state index is 12.4. The van der Waals surface area contributed by atoms with E-state index in [-0.39, 0.29) is 18.9 Å². The number of hydrogen-bond donors (Lipinski definition) is 1. The Balaban J connectivity index is 1.59. The molecule has 3 rings (SSSR count). The second-order valence-electron chi connectivity index (χ2n) is 6.12. The molecule has 1 aromatic carbocycles. The largest absolute Gasteiger partial charge is 0.482 e. The molecule has 1 amide bonds. The maximum Gasteiger partial charge on any atom is 0.343 e. The van der Waals surface area contributed by atoms with Crippen LogP contribution in [0.15, 0.2) is 40.1 Å². The van der Waals surface area contributed by atoms with Crippen molar-refractivity contribution in [1.82, 2.24) is 4.98 Å². The lowest BCUT2D eigenvalue weighted by Gasteiger charge is -2.10. The van der Waals surface area contributed by atoms with Crippen LogP contribution >= 0.6 is 11.3 Å². The number of amides is 1. The molecule has 0 saturated heterocycles. The van der Waals surface area contributed by atoms with Gasteiger partial charge in [0.25, 0.3) is 0 Å². The third kappa shape index (κ3) is 4.98. The van der Waals surface area contributed by atoms with Crippen LogP contribution in [-0.4, -0.2) is 30.6 Å². The number of ether oxygens (including phenoxy) is 2. The van der Waals surface area contributed by atoms with Crippen LogP contribution < -0.4 is 10.1 Å². The molecule has 0 radical (unpaired) electrons. The van der Waals surface area contributed by atoms with Gasteiger partial charge in [-0.05, 0) is 49.7 Å². The summed E-state index contributed by atoms with van der Waals surface area (Å²) in [5.74, 6) is 1.42. The van der Waals surface area contributed by atoms with Gasteiger partial charge in [0.05, 0.1) is 19.2 Å². The molecule has 0 spiro atoms. The van der Waals surface area contributed by atoms with E-state index in [0.29, 0.717) is 22.9 Å². The fraction of sp³-hybridized carbons (Fsp3) is 0.250. The average Bonchev–Trinajstić information content (AvgIpc) is 3.30. The van der Waals surface area contributed by atoms with Crippen molar-refractivity contribution >= 4 is 28.9 Å². The molecule has 0 atom stereocenters. The van der Waals surface area contributed by atoms with E-state index < -0.39 is 5.97 Å². The first kappa shape index (κ1) is 19.6. The summed E-state index contributed by atoms with van der Waals surface area (Å²) >= 11 is 1.44. The number of rotatable bonds is 7. The summed E-state index contributed by atoms with van der Waals surface area (Å²) in [6.45, 7) is 3.56. The number of esters is 1. The summed E-state index contributed by atoms with van der Waals surface area (Å²) in [4.78, 5) is 28.0. The lowest BCUT2D eigenvalue weighted by Crippen LogP contribution is -2.16. The zero-order valence-corrected chi connectivity index (χ0v) is 16.6. The topological polar surface area (TPSA) is 90.7 Å².